The fourth-order valence-corrected chi connectivity index (χ4v) is 3.73. The van der Waals surface area contributed by atoms with Crippen molar-refractivity contribution in [3.05, 3.63) is 33.8 Å². The van der Waals surface area contributed by atoms with Crippen molar-refractivity contribution in [1.82, 2.24) is 0 Å². The van der Waals surface area contributed by atoms with Crippen LogP contribution in [0.3, 0.4) is 0 Å². The van der Waals surface area contributed by atoms with Crippen LogP contribution in [-0.2, 0) is 11.2 Å². The number of benzene rings is 1. The van der Waals surface area contributed by atoms with Gasteiger partial charge in [-0.25, -0.2) is 0 Å². The quantitative estimate of drug-likeness (QED) is 0.910. The summed E-state index contributed by atoms with van der Waals surface area (Å²) < 4.78 is 0. The van der Waals surface area contributed by atoms with Crippen molar-refractivity contribution in [2.45, 2.75) is 25.7 Å². The molecule has 1 aromatic rings. The van der Waals surface area contributed by atoms with Crippen LogP contribution in [0.4, 0.5) is 0 Å². The minimum absolute atomic E-state index is 0.495. The second-order valence-electron chi connectivity index (χ2n) is 5.64. The molecule has 0 aliphatic heterocycles. The maximum absolute atomic E-state index is 11.6. The monoisotopic (exact) mass is 284 g/mol. The molecule has 2 unspecified atom stereocenters. The molecule has 96 valence electrons. The molecule has 0 bridgehead atoms. The van der Waals surface area contributed by atoms with Crippen LogP contribution in [0.5, 0.6) is 0 Å². The summed E-state index contributed by atoms with van der Waals surface area (Å²) in [6.07, 6.45) is 3.28. The molecule has 2 atom stereocenters. The van der Waals surface area contributed by atoms with Crippen molar-refractivity contribution >= 4 is 29.2 Å². The van der Waals surface area contributed by atoms with Crippen LogP contribution < -0.4 is 0 Å². The zero-order valence-electron chi connectivity index (χ0n) is 9.83. The van der Waals surface area contributed by atoms with Gasteiger partial charge in [0, 0.05) is 0 Å². The van der Waals surface area contributed by atoms with Gasteiger partial charge in [0.25, 0.3) is 0 Å². The summed E-state index contributed by atoms with van der Waals surface area (Å²) in [6, 6.07) is 5.44. The summed E-state index contributed by atoms with van der Waals surface area (Å²) in [4.78, 5) is 11.6. The van der Waals surface area contributed by atoms with Crippen LogP contribution in [0.15, 0.2) is 18.2 Å². The van der Waals surface area contributed by atoms with Gasteiger partial charge in [0.1, 0.15) is 0 Å². The lowest BCUT2D eigenvalue weighted by Crippen LogP contribution is -2.32. The lowest BCUT2D eigenvalue weighted by Gasteiger charge is -2.26. The molecule has 2 aliphatic rings. The van der Waals surface area contributed by atoms with E-state index in [2.05, 4.69) is 0 Å². The molecule has 2 aliphatic carbocycles. The first-order chi connectivity index (χ1) is 8.52. The van der Waals surface area contributed by atoms with Crippen molar-refractivity contribution in [3.63, 3.8) is 0 Å². The molecule has 0 heterocycles. The van der Waals surface area contributed by atoms with Crippen molar-refractivity contribution in [1.29, 1.82) is 0 Å². The third kappa shape index (κ3) is 1.92. The molecule has 1 aromatic carbocycles. The standard InChI is InChI=1S/C14H14Cl2O2/c15-11-3-1-2-8(12(11)16)5-14(13(17)18)6-9-4-10(9)7-14/h1-3,9-10H,4-7H2,(H,17,18). The Morgan fingerprint density at radius 3 is 2.61 bits per heavy atom. The maximum Gasteiger partial charge on any atom is 0.309 e. The number of fused-ring (bicyclic) bond motifs is 1. The molecule has 2 saturated carbocycles. The van der Waals surface area contributed by atoms with Gasteiger partial charge >= 0.3 is 5.97 Å². The van der Waals surface area contributed by atoms with Gasteiger partial charge in [-0.15, -0.1) is 0 Å². The lowest BCUT2D eigenvalue weighted by atomic mass is 9.77. The second-order valence-corrected chi connectivity index (χ2v) is 6.42. The third-order valence-corrected chi connectivity index (χ3v) is 5.25. The molecule has 0 amide bonds. The Morgan fingerprint density at radius 1 is 1.33 bits per heavy atom. The predicted octanol–water partition coefficient (Wildman–Crippen LogP) is 4.04. The molecular formula is C14H14Cl2O2. The van der Waals surface area contributed by atoms with Crippen LogP contribution in [0, 0.1) is 17.3 Å². The number of aliphatic carboxylic acids is 1. The summed E-state index contributed by atoms with van der Waals surface area (Å²) >= 11 is 12.1. The first-order valence-corrected chi connectivity index (χ1v) is 6.94. The molecule has 0 aromatic heterocycles. The summed E-state index contributed by atoms with van der Waals surface area (Å²) in [6.45, 7) is 0. The highest BCUT2D eigenvalue weighted by Gasteiger charge is 2.57. The lowest BCUT2D eigenvalue weighted by molar-refractivity contribution is -0.149. The van der Waals surface area contributed by atoms with Gasteiger partial charge in [-0.3, -0.25) is 4.79 Å². The Bertz CT molecular complexity index is 503. The van der Waals surface area contributed by atoms with E-state index in [9.17, 15) is 9.90 Å². The molecule has 18 heavy (non-hydrogen) atoms. The van der Waals surface area contributed by atoms with Gasteiger partial charge in [-0.2, -0.15) is 0 Å². The average molecular weight is 285 g/mol. The zero-order chi connectivity index (χ0) is 12.9. The summed E-state index contributed by atoms with van der Waals surface area (Å²) in [5.74, 6) is 0.559. The highest BCUT2D eigenvalue weighted by Crippen LogP contribution is 2.61. The Balaban J connectivity index is 1.89. The van der Waals surface area contributed by atoms with Gasteiger partial charge in [-0.05, 0) is 49.1 Å². The average Bonchev–Trinajstić information content (AvgIpc) is 2.93. The molecule has 3 rings (SSSR count). The van der Waals surface area contributed by atoms with Gasteiger partial charge in [0.2, 0.25) is 0 Å². The Kier molecular flexibility index (Phi) is 2.83. The van der Waals surface area contributed by atoms with Gasteiger partial charge < -0.3 is 5.11 Å². The topological polar surface area (TPSA) is 37.3 Å². The molecule has 0 spiro atoms. The van der Waals surface area contributed by atoms with E-state index < -0.39 is 11.4 Å². The second kappa shape index (κ2) is 4.14. The summed E-state index contributed by atoms with van der Waals surface area (Å²) in [5.41, 5.74) is 0.231. The largest absolute Gasteiger partial charge is 0.481 e. The van der Waals surface area contributed by atoms with E-state index in [4.69, 9.17) is 23.2 Å². The molecule has 0 radical (unpaired) electrons. The van der Waals surface area contributed by atoms with Crippen LogP contribution in [0.25, 0.3) is 0 Å². The zero-order valence-corrected chi connectivity index (χ0v) is 11.3. The molecule has 1 N–H and O–H groups in total. The number of rotatable bonds is 3. The van der Waals surface area contributed by atoms with Gasteiger partial charge in [-0.1, -0.05) is 35.3 Å². The highest BCUT2D eigenvalue weighted by atomic mass is 35.5. The Hall–Kier alpha value is -0.730. The minimum Gasteiger partial charge on any atom is -0.481 e. The molecule has 2 fully saturated rings. The van der Waals surface area contributed by atoms with E-state index in [1.54, 1.807) is 6.07 Å². The van der Waals surface area contributed by atoms with E-state index in [0.717, 1.165) is 18.4 Å². The number of carbonyl (C=O) groups is 1. The van der Waals surface area contributed by atoms with Crippen molar-refractivity contribution in [3.8, 4) is 0 Å². The number of carboxylic acids is 1. The smallest absolute Gasteiger partial charge is 0.309 e. The predicted molar refractivity (Wildman–Crippen MR) is 71.1 cm³/mol. The fraction of sp³-hybridized carbons (Fsp3) is 0.500. The number of hydrogen-bond acceptors (Lipinski definition) is 1. The van der Waals surface area contributed by atoms with Crippen LogP contribution >= 0.6 is 23.2 Å². The third-order valence-electron chi connectivity index (χ3n) is 4.39. The van der Waals surface area contributed by atoms with E-state index >= 15 is 0 Å². The normalized spacial score (nSPS) is 33.2. The number of hydrogen-bond donors (Lipinski definition) is 1. The first-order valence-electron chi connectivity index (χ1n) is 6.18. The van der Waals surface area contributed by atoms with Crippen molar-refractivity contribution in [2.75, 3.05) is 0 Å². The minimum atomic E-state index is -0.689. The molecule has 4 heteroatoms. The van der Waals surface area contributed by atoms with E-state index in [0.29, 0.717) is 28.3 Å². The van der Waals surface area contributed by atoms with Crippen molar-refractivity contribution < 1.29 is 9.90 Å². The van der Waals surface area contributed by atoms with E-state index in [-0.39, 0.29) is 0 Å². The van der Waals surface area contributed by atoms with Crippen molar-refractivity contribution in [2.24, 2.45) is 17.3 Å². The Morgan fingerprint density at radius 2 is 2.00 bits per heavy atom. The summed E-state index contributed by atoms with van der Waals surface area (Å²) in [5, 5.41) is 10.5. The molecule has 2 nitrogen and oxygen atoms in total. The van der Waals surface area contributed by atoms with Crippen LogP contribution in [-0.4, -0.2) is 11.1 Å². The van der Waals surface area contributed by atoms with Crippen LogP contribution in [0.1, 0.15) is 24.8 Å². The summed E-state index contributed by atoms with van der Waals surface area (Å²) in [7, 11) is 0. The van der Waals surface area contributed by atoms with Gasteiger partial charge in [0.15, 0.2) is 0 Å². The first kappa shape index (κ1) is 12.3. The van der Waals surface area contributed by atoms with Gasteiger partial charge in [0.05, 0.1) is 15.5 Å². The SMILES string of the molecule is O=C(O)C1(Cc2cccc(Cl)c2Cl)CC2CC2C1. The number of carboxylic acid groups (broad SMARTS) is 1. The fourth-order valence-electron chi connectivity index (χ4n) is 3.34. The maximum atomic E-state index is 11.6. The van der Waals surface area contributed by atoms with E-state index in [1.165, 1.54) is 6.42 Å². The highest BCUT2D eigenvalue weighted by molar-refractivity contribution is 6.42. The molecular weight excluding hydrogens is 271 g/mol. The van der Waals surface area contributed by atoms with E-state index in [1.807, 2.05) is 12.1 Å². The Labute approximate surface area is 116 Å². The molecule has 0 saturated heterocycles. The van der Waals surface area contributed by atoms with Crippen LogP contribution in [0.2, 0.25) is 10.0 Å². The number of halogens is 2.